The number of likely N-dealkylation sites (tertiary alicyclic amines) is 1. The number of aliphatic hydroxyl groups excluding tert-OH is 1. The number of methoxy groups -OCH3 is 3. The quantitative estimate of drug-likeness (QED) is 0.151. The lowest BCUT2D eigenvalue weighted by Crippen LogP contribution is -2.29. The molecule has 1 N–H and O–H groups in total. The summed E-state index contributed by atoms with van der Waals surface area (Å²) in [5.41, 5.74) is 2.34. The van der Waals surface area contributed by atoms with Gasteiger partial charge in [-0.1, -0.05) is 19.4 Å². The predicted molar refractivity (Wildman–Crippen MR) is 150 cm³/mol. The van der Waals surface area contributed by atoms with Gasteiger partial charge in [0.2, 0.25) is 5.75 Å². The van der Waals surface area contributed by atoms with Crippen molar-refractivity contribution in [3.8, 4) is 23.0 Å². The Bertz CT molecular complexity index is 1390. The first-order chi connectivity index (χ1) is 19.3. The summed E-state index contributed by atoms with van der Waals surface area (Å²) >= 11 is 0. The average molecular weight is 547 g/mol. The Morgan fingerprint density at radius 3 is 2.33 bits per heavy atom. The lowest BCUT2D eigenvalue weighted by atomic mass is 9.93. The second-order valence-electron chi connectivity index (χ2n) is 9.43. The minimum absolute atomic E-state index is 0.0362. The zero-order valence-electron chi connectivity index (χ0n) is 23.4. The van der Waals surface area contributed by atoms with Crippen molar-refractivity contribution in [3.63, 3.8) is 0 Å². The van der Waals surface area contributed by atoms with E-state index in [1.54, 1.807) is 42.7 Å². The number of hydrogen-bond donors (Lipinski definition) is 1. The summed E-state index contributed by atoms with van der Waals surface area (Å²) in [6.07, 6.45) is 5.20. The van der Waals surface area contributed by atoms with Crippen molar-refractivity contribution in [2.45, 2.75) is 39.3 Å². The SMILES string of the molecule is CCCCOc1ccc(/C(O)=C2\C(=O)C(=O)N(Cc3cccnc3)[C@@H]2c2cc(OC)c(OC)c(OC)c2)c(C)c1. The van der Waals surface area contributed by atoms with Crippen LogP contribution in [0.5, 0.6) is 23.0 Å². The molecule has 1 aliphatic heterocycles. The van der Waals surface area contributed by atoms with Crippen LogP contribution in [0.2, 0.25) is 0 Å². The van der Waals surface area contributed by atoms with Gasteiger partial charge in [-0.25, -0.2) is 0 Å². The number of benzene rings is 2. The van der Waals surface area contributed by atoms with Crippen LogP contribution in [0.25, 0.3) is 5.76 Å². The molecule has 4 rings (SSSR count). The highest BCUT2D eigenvalue weighted by molar-refractivity contribution is 6.46. The molecule has 0 saturated carbocycles. The standard InChI is InChI=1S/C31H34N2O7/c1-6-7-13-40-22-10-11-23(19(2)14-22)28(34)26-27(21-15-24(37-3)30(39-5)25(16-21)38-4)33(31(36)29(26)35)18-20-9-8-12-32-17-20/h8-12,14-17,27,34H,6-7,13,18H2,1-5H3/b28-26+/t27-/m1/s1. The number of rotatable bonds is 11. The summed E-state index contributed by atoms with van der Waals surface area (Å²) < 4.78 is 22.4. The number of aromatic nitrogens is 1. The number of ether oxygens (including phenoxy) is 4. The highest BCUT2D eigenvalue weighted by Gasteiger charge is 2.46. The number of carbonyl (C=O) groups excluding carboxylic acids is 2. The number of unbranched alkanes of at least 4 members (excludes halogenated alkanes) is 1. The van der Waals surface area contributed by atoms with Crippen molar-refractivity contribution in [2.24, 2.45) is 0 Å². The number of carbonyl (C=O) groups is 2. The molecule has 1 aromatic heterocycles. The first kappa shape index (κ1) is 28.5. The topological polar surface area (TPSA) is 107 Å². The van der Waals surface area contributed by atoms with E-state index in [-0.39, 0.29) is 17.9 Å². The molecule has 0 radical (unpaired) electrons. The van der Waals surface area contributed by atoms with Crippen molar-refractivity contribution >= 4 is 17.4 Å². The number of aliphatic hydroxyl groups is 1. The Balaban J connectivity index is 1.88. The molecule has 0 aliphatic carbocycles. The number of amides is 1. The van der Waals surface area contributed by atoms with E-state index in [0.717, 1.165) is 18.4 Å². The summed E-state index contributed by atoms with van der Waals surface area (Å²) in [4.78, 5) is 32.6. The Labute approximate surface area is 234 Å². The molecule has 3 aromatic rings. The molecule has 0 bridgehead atoms. The third kappa shape index (κ3) is 5.59. The first-order valence-corrected chi connectivity index (χ1v) is 13.1. The summed E-state index contributed by atoms with van der Waals surface area (Å²) in [5.74, 6) is -0.0529. The Morgan fingerprint density at radius 2 is 1.75 bits per heavy atom. The summed E-state index contributed by atoms with van der Waals surface area (Å²) in [7, 11) is 4.47. The zero-order chi connectivity index (χ0) is 28.8. The van der Waals surface area contributed by atoms with Crippen LogP contribution in [-0.4, -0.2) is 54.6 Å². The number of nitrogens with zero attached hydrogens (tertiary/aromatic N) is 2. The van der Waals surface area contributed by atoms with Crippen molar-refractivity contribution in [2.75, 3.05) is 27.9 Å². The molecule has 0 unspecified atom stereocenters. The molecule has 1 atom stereocenters. The third-order valence-corrected chi connectivity index (χ3v) is 6.84. The Hall–Kier alpha value is -4.53. The largest absolute Gasteiger partial charge is 0.507 e. The Kier molecular flexibility index (Phi) is 8.93. The second kappa shape index (κ2) is 12.5. The normalized spacial score (nSPS) is 16.2. The fraction of sp³-hybridized carbons (Fsp3) is 0.323. The number of ketones is 1. The molecular formula is C31H34N2O7. The van der Waals surface area contributed by atoms with Gasteiger partial charge in [-0.05, 0) is 66.4 Å². The van der Waals surface area contributed by atoms with Gasteiger partial charge in [0.15, 0.2) is 11.5 Å². The molecule has 210 valence electrons. The van der Waals surface area contributed by atoms with Crippen LogP contribution in [0.1, 0.15) is 48.1 Å². The van der Waals surface area contributed by atoms with E-state index in [1.165, 1.54) is 26.2 Å². The van der Waals surface area contributed by atoms with E-state index in [9.17, 15) is 14.7 Å². The molecule has 0 spiro atoms. The summed E-state index contributed by atoms with van der Waals surface area (Å²) in [6, 6.07) is 11.3. The van der Waals surface area contributed by atoms with Crippen molar-refractivity contribution in [1.29, 1.82) is 0 Å². The minimum Gasteiger partial charge on any atom is -0.507 e. The van der Waals surface area contributed by atoms with Gasteiger partial charge in [-0.3, -0.25) is 14.6 Å². The van der Waals surface area contributed by atoms with Crippen LogP contribution in [0.3, 0.4) is 0 Å². The van der Waals surface area contributed by atoms with Crippen LogP contribution in [0.4, 0.5) is 0 Å². The van der Waals surface area contributed by atoms with Gasteiger partial charge in [0, 0.05) is 24.5 Å². The Morgan fingerprint density at radius 1 is 1.02 bits per heavy atom. The molecular weight excluding hydrogens is 512 g/mol. The predicted octanol–water partition coefficient (Wildman–Crippen LogP) is 5.22. The van der Waals surface area contributed by atoms with Gasteiger partial charge in [0.05, 0.1) is 39.6 Å². The first-order valence-electron chi connectivity index (χ1n) is 13.1. The van der Waals surface area contributed by atoms with Gasteiger partial charge in [0.1, 0.15) is 11.5 Å². The van der Waals surface area contributed by atoms with Gasteiger partial charge >= 0.3 is 0 Å². The third-order valence-electron chi connectivity index (χ3n) is 6.84. The lowest BCUT2D eigenvalue weighted by molar-refractivity contribution is -0.140. The molecule has 40 heavy (non-hydrogen) atoms. The van der Waals surface area contributed by atoms with Crippen LogP contribution in [0, 0.1) is 6.92 Å². The molecule has 1 aliphatic rings. The highest BCUT2D eigenvalue weighted by atomic mass is 16.5. The van der Waals surface area contributed by atoms with E-state index in [2.05, 4.69) is 11.9 Å². The maximum atomic E-state index is 13.6. The number of aryl methyl sites for hydroxylation is 1. The number of Topliss-reactive ketones (excluding diaryl/α,β-unsaturated/α-hetero) is 1. The highest BCUT2D eigenvalue weighted by Crippen LogP contribution is 2.46. The zero-order valence-corrected chi connectivity index (χ0v) is 23.4. The number of hydrogen-bond acceptors (Lipinski definition) is 8. The van der Waals surface area contributed by atoms with Crippen LogP contribution >= 0.6 is 0 Å². The summed E-state index contributed by atoms with van der Waals surface area (Å²) in [6.45, 7) is 4.59. The molecule has 1 fully saturated rings. The van der Waals surface area contributed by atoms with Gasteiger partial charge in [-0.2, -0.15) is 0 Å². The maximum absolute atomic E-state index is 13.6. The van der Waals surface area contributed by atoms with Crippen molar-refractivity contribution in [1.82, 2.24) is 9.88 Å². The van der Waals surface area contributed by atoms with Gasteiger partial charge < -0.3 is 29.0 Å². The minimum atomic E-state index is -0.936. The average Bonchev–Trinajstić information content (AvgIpc) is 3.21. The van der Waals surface area contributed by atoms with E-state index < -0.39 is 17.7 Å². The fourth-order valence-corrected chi connectivity index (χ4v) is 4.81. The van der Waals surface area contributed by atoms with Crippen molar-refractivity contribution < 1.29 is 33.6 Å². The smallest absolute Gasteiger partial charge is 0.295 e. The molecule has 2 heterocycles. The molecule has 9 nitrogen and oxygen atoms in total. The van der Waals surface area contributed by atoms with Crippen LogP contribution < -0.4 is 18.9 Å². The summed E-state index contributed by atoms with van der Waals surface area (Å²) in [5, 5.41) is 11.6. The van der Waals surface area contributed by atoms with E-state index in [4.69, 9.17) is 18.9 Å². The van der Waals surface area contributed by atoms with Crippen molar-refractivity contribution in [3.05, 3.63) is 82.7 Å². The van der Waals surface area contributed by atoms with E-state index >= 15 is 0 Å². The molecule has 9 heteroatoms. The fourth-order valence-electron chi connectivity index (χ4n) is 4.81. The van der Waals surface area contributed by atoms with Crippen LogP contribution in [0.15, 0.2) is 60.4 Å². The molecule has 1 saturated heterocycles. The van der Waals surface area contributed by atoms with E-state index in [1.807, 2.05) is 19.1 Å². The van der Waals surface area contributed by atoms with E-state index in [0.29, 0.717) is 46.3 Å². The molecule has 2 aromatic carbocycles. The monoisotopic (exact) mass is 546 g/mol. The van der Waals surface area contributed by atoms with Gasteiger partial charge in [0.25, 0.3) is 11.7 Å². The van der Waals surface area contributed by atoms with Crippen LogP contribution in [-0.2, 0) is 16.1 Å². The lowest BCUT2D eigenvalue weighted by Gasteiger charge is -2.26. The molecule has 1 amide bonds. The number of pyridine rings is 1. The maximum Gasteiger partial charge on any atom is 0.295 e. The second-order valence-corrected chi connectivity index (χ2v) is 9.43. The van der Waals surface area contributed by atoms with Gasteiger partial charge in [-0.15, -0.1) is 0 Å².